The van der Waals surface area contributed by atoms with E-state index in [4.69, 9.17) is 10.5 Å². The Morgan fingerprint density at radius 1 is 0.684 bits per heavy atom. The van der Waals surface area contributed by atoms with Crippen LogP contribution in [0.5, 0.6) is 0 Å². The van der Waals surface area contributed by atoms with Crippen LogP contribution in [-0.4, -0.2) is 0 Å². The van der Waals surface area contributed by atoms with E-state index in [2.05, 4.69) is 28.5 Å². The van der Waals surface area contributed by atoms with Crippen molar-refractivity contribution in [1.82, 2.24) is 0 Å². The van der Waals surface area contributed by atoms with Gasteiger partial charge in [0.05, 0.1) is 23.3 Å². The molecule has 0 aliphatic rings. The van der Waals surface area contributed by atoms with E-state index in [1.165, 1.54) is 10.9 Å². The Kier molecular flexibility index (Phi) is 12.5. The Morgan fingerprint density at radius 3 is 1.11 bits per heavy atom. The third kappa shape index (κ3) is 10.5. The summed E-state index contributed by atoms with van der Waals surface area (Å²) in [5.41, 5.74) is 1.43. The van der Waals surface area contributed by atoms with Gasteiger partial charge in [0.15, 0.2) is 0 Å². The van der Waals surface area contributed by atoms with Gasteiger partial charge in [0.2, 0.25) is 0 Å². The number of halogens is 2. The molecule has 0 radical (unpaired) electrons. The number of hydrogen-bond acceptors (Lipinski definition) is 2. The molecule has 0 N–H and O–H groups in total. The van der Waals surface area contributed by atoms with Gasteiger partial charge in [-0.2, -0.15) is 10.5 Å². The molecule has 2 aromatic rings. The van der Waals surface area contributed by atoms with Crippen molar-refractivity contribution in [2.45, 2.75) is 0 Å². The fourth-order valence-electron chi connectivity index (χ4n) is 1.03. The Bertz CT molecular complexity index is 469. The molecule has 2 rings (SSSR count). The van der Waals surface area contributed by atoms with Gasteiger partial charge >= 0.3 is 39.3 Å². The summed E-state index contributed by atoms with van der Waals surface area (Å²) in [6, 6.07) is 22.3. The molecule has 0 aromatic heterocycles. The van der Waals surface area contributed by atoms with Crippen molar-refractivity contribution in [1.29, 1.82) is 10.5 Å². The minimum atomic E-state index is 0.715. The Hall–Kier alpha value is -1.13. The van der Waals surface area contributed by atoms with Crippen LogP contribution in [0.1, 0.15) is 11.1 Å². The number of benzene rings is 2. The molecule has 0 aliphatic heterocycles. The summed E-state index contributed by atoms with van der Waals surface area (Å²) >= 11 is 6.00. The van der Waals surface area contributed by atoms with Crippen LogP contribution >= 0.6 is 28.5 Å². The summed E-state index contributed by atoms with van der Waals surface area (Å²) in [6.45, 7) is 0. The van der Waals surface area contributed by atoms with Crippen molar-refractivity contribution in [3.05, 3.63) is 71.8 Å². The topological polar surface area (TPSA) is 47.6 Å². The SMILES string of the molecule is N#Cc1ccccc1.N#Cc1ccccc1.[Br][Ni][Br]. The maximum absolute atomic E-state index is 8.29. The van der Waals surface area contributed by atoms with Crippen LogP contribution in [0.2, 0.25) is 0 Å². The zero-order valence-electron chi connectivity index (χ0n) is 9.74. The zero-order chi connectivity index (χ0) is 14.3. The van der Waals surface area contributed by atoms with Crippen LogP contribution in [0.4, 0.5) is 0 Å². The summed E-state index contributed by atoms with van der Waals surface area (Å²) in [6.07, 6.45) is 0. The molecule has 0 amide bonds. The summed E-state index contributed by atoms with van der Waals surface area (Å²) in [7, 11) is 1.25. The van der Waals surface area contributed by atoms with Crippen LogP contribution < -0.4 is 0 Å². The molecule has 0 spiro atoms. The summed E-state index contributed by atoms with van der Waals surface area (Å²) in [4.78, 5) is 0. The fraction of sp³-hybridized carbons (Fsp3) is 0. The van der Waals surface area contributed by atoms with Crippen LogP contribution in [0.25, 0.3) is 0 Å². The molecule has 19 heavy (non-hydrogen) atoms. The first-order chi connectivity index (χ1) is 9.28. The van der Waals surface area contributed by atoms with Crippen molar-refractivity contribution in [3.63, 3.8) is 0 Å². The van der Waals surface area contributed by atoms with Crippen molar-refractivity contribution < 1.29 is 10.9 Å². The molecule has 0 bridgehead atoms. The van der Waals surface area contributed by atoms with Crippen molar-refractivity contribution in [2.75, 3.05) is 0 Å². The average molecular weight is 425 g/mol. The molecule has 0 saturated carbocycles. The second-order valence-electron chi connectivity index (χ2n) is 3.00. The molecule has 100 valence electrons. The first kappa shape index (κ1) is 17.9. The average Bonchev–Trinajstić information content (AvgIpc) is 2.50. The van der Waals surface area contributed by atoms with E-state index in [1.54, 1.807) is 24.3 Å². The first-order valence-electron chi connectivity index (χ1n) is 5.01. The van der Waals surface area contributed by atoms with Gasteiger partial charge in [-0.1, -0.05) is 36.4 Å². The molecule has 2 aromatic carbocycles. The van der Waals surface area contributed by atoms with Crippen LogP contribution in [0, 0.1) is 22.7 Å². The van der Waals surface area contributed by atoms with Crippen LogP contribution in [0.15, 0.2) is 60.7 Å². The molecular formula is C14H10Br2N2Ni. The molecular weight excluding hydrogens is 415 g/mol. The summed E-state index contributed by atoms with van der Waals surface area (Å²) < 4.78 is 0. The second-order valence-corrected chi connectivity index (χ2v) is 7.98. The number of hydrogen-bond donors (Lipinski definition) is 0. The van der Waals surface area contributed by atoms with E-state index < -0.39 is 0 Å². The van der Waals surface area contributed by atoms with E-state index in [1.807, 2.05) is 48.5 Å². The van der Waals surface area contributed by atoms with Gasteiger partial charge in [-0.3, -0.25) is 0 Å². The molecule has 2 nitrogen and oxygen atoms in total. The third-order valence-electron chi connectivity index (χ3n) is 1.81. The predicted octanol–water partition coefficient (Wildman–Crippen LogP) is 4.81. The summed E-state index contributed by atoms with van der Waals surface area (Å²) in [5.74, 6) is 0. The van der Waals surface area contributed by atoms with Gasteiger partial charge in [0.25, 0.3) is 0 Å². The molecule has 0 fully saturated rings. The molecule has 0 aliphatic carbocycles. The van der Waals surface area contributed by atoms with E-state index in [0.29, 0.717) is 11.1 Å². The van der Waals surface area contributed by atoms with Crippen molar-refractivity contribution in [2.24, 2.45) is 0 Å². The van der Waals surface area contributed by atoms with Gasteiger partial charge < -0.3 is 0 Å². The maximum atomic E-state index is 8.29. The molecule has 5 heteroatoms. The summed E-state index contributed by atoms with van der Waals surface area (Å²) in [5, 5.41) is 16.6. The van der Waals surface area contributed by atoms with Crippen LogP contribution in [-0.2, 0) is 10.9 Å². The standard InChI is InChI=1S/2C7H5N.2BrH.Ni/c2*8-6-7-4-2-1-3-5-7;;;/h2*1-5H;2*1H;/q;;;;+2/p-2. The van der Waals surface area contributed by atoms with E-state index in [0.717, 1.165) is 0 Å². The predicted molar refractivity (Wildman–Crippen MR) is 80.2 cm³/mol. The molecule has 0 saturated heterocycles. The normalized spacial score (nSPS) is 7.79. The van der Waals surface area contributed by atoms with Crippen molar-refractivity contribution in [3.8, 4) is 12.1 Å². The fourth-order valence-corrected chi connectivity index (χ4v) is 1.03. The molecule has 0 unspecified atom stereocenters. The zero-order valence-corrected chi connectivity index (χ0v) is 13.9. The van der Waals surface area contributed by atoms with E-state index in [9.17, 15) is 0 Å². The minimum absolute atomic E-state index is 0.715. The second kappa shape index (κ2) is 13.3. The quantitative estimate of drug-likeness (QED) is 0.570. The van der Waals surface area contributed by atoms with Gasteiger partial charge in [-0.15, -0.1) is 0 Å². The monoisotopic (exact) mass is 422 g/mol. The third-order valence-corrected chi connectivity index (χ3v) is 1.81. The van der Waals surface area contributed by atoms with Crippen molar-refractivity contribution >= 4 is 28.5 Å². The molecule has 0 atom stereocenters. The van der Waals surface area contributed by atoms with Gasteiger partial charge in [0.1, 0.15) is 0 Å². The van der Waals surface area contributed by atoms with Gasteiger partial charge in [-0.05, 0) is 24.3 Å². The Balaban J connectivity index is 0.000000284. The van der Waals surface area contributed by atoms with Crippen LogP contribution in [0.3, 0.4) is 0 Å². The first-order valence-corrected chi connectivity index (χ1v) is 9.89. The molecule has 0 heterocycles. The van der Waals surface area contributed by atoms with E-state index in [-0.39, 0.29) is 0 Å². The Labute approximate surface area is 133 Å². The number of nitriles is 2. The van der Waals surface area contributed by atoms with Gasteiger partial charge in [0, 0.05) is 0 Å². The Morgan fingerprint density at radius 2 is 0.947 bits per heavy atom. The number of rotatable bonds is 0. The van der Waals surface area contributed by atoms with E-state index >= 15 is 0 Å². The number of nitrogens with zero attached hydrogens (tertiary/aromatic N) is 2. The van der Waals surface area contributed by atoms with Gasteiger partial charge in [-0.25, -0.2) is 0 Å².